The zero-order valence-corrected chi connectivity index (χ0v) is 8.38. The zero-order valence-electron chi connectivity index (χ0n) is 8.38. The van der Waals surface area contributed by atoms with Crippen LogP contribution in [0.5, 0.6) is 0 Å². The molecule has 3 N–H and O–H groups in total. The molecule has 1 aliphatic rings. The van der Waals surface area contributed by atoms with Gasteiger partial charge in [-0.25, -0.2) is 0 Å². The molecule has 1 rings (SSSR count). The van der Waals surface area contributed by atoms with Crippen LogP contribution in [0.25, 0.3) is 0 Å². The van der Waals surface area contributed by atoms with Crippen molar-refractivity contribution in [3.8, 4) is 0 Å². The van der Waals surface area contributed by atoms with E-state index in [2.05, 4.69) is 11.9 Å². The molecule has 0 aromatic rings. The zero-order chi connectivity index (χ0) is 10.7. The molecule has 78 valence electrons. The molecule has 2 amide bonds. The largest absolute Gasteiger partial charge is 0.368 e. The van der Waals surface area contributed by atoms with E-state index in [1.165, 1.54) is 0 Å². The molecule has 0 radical (unpaired) electrons. The maximum Gasteiger partial charge on any atom is 0.240 e. The number of nitrogens with two attached hydrogens (primary N) is 1. The molecule has 1 aliphatic carbocycles. The van der Waals surface area contributed by atoms with Crippen LogP contribution in [0.4, 0.5) is 0 Å². The van der Waals surface area contributed by atoms with E-state index >= 15 is 0 Å². The van der Waals surface area contributed by atoms with Crippen LogP contribution in [-0.4, -0.2) is 17.9 Å². The Labute approximate surface area is 83.5 Å². The molecule has 14 heavy (non-hydrogen) atoms. The minimum Gasteiger partial charge on any atom is -0.368 e. The third-order valence-electron chi connectivity index (χ3n) is 2.16. The van der Waals surface area contributed by atoms with Crippen molar-refractivity contribution >= 4 is 11.8 Å². The molecule has 0 aromatic carbocycles. The second-order valence-electron chi connectivity index (χ2n) is 3.90. The van der Waals surface area contributed by atoms with Crippen LogP contribution >= 0.6 is 0 Å². The third kappa shape index (κ3) is 3.20. The summed E-state index contributed by atoms with van der Waals surface area (Å²) in [4.78, 5) is 22.3. The Hall–Kier alpha value is -1.32. The van der Waals surface area contributed by atoms with Gasteiger partial charge in [0, 0.05) is 5.92 Å². The van der Waals surface area contributed by atoms with E-state index in [1.807, 2.05) is 0 Å². The summed E-state index contributed by atoms with van der Waals surface area (Å²) < 4.78 is 0. The van der Waals surface area contributed by atoms with Gasteiger partial charge in [0.1, 0.15) is 6.04 Å². The van der Waals surface area contributed by atoms with Gasteiger partial charge in [-0.15, -0.1) is 6.58 Å². The Morgan fingerprint density at radius 2 is 2.14 bits per heavy atom. The van der Waals surface area contributed by atoms with Gasteiger partial charge in [0.25, 0.3) is 0 Å². The highest BCUT2D eigenvalue weighted by Gasteiger charge is 2.31. The Balaban J connectivity index is 2.45. The summed E-state index contributed by atoms with van der Waals surface area (Å²) in [5.74, 6) is -0.459. The predicted molar refractivity (Wildman–Crippen MR) is 53.3 cm³/mol. The van der Waals surface area contributed by atoms with Gasteiger partial charge < -0.3 is 11.1 Å². The van der Waals surface area contributed by atoms with E-state index in [0.29, 0.717) is 6.42 Å². The fourth-order valence-electron chi connectivity index (χ4n) is 1.21. The highest BCUT2D eigenvalue weighted by Crippen LogP contribution is 2.29. The molecule has 0 aliphatic heterocycles. The first-order valence-corrected chi connectivity index (χ1v) is 4.74. The second-order valence-corrected chi connectivity index (χ2v) is 3.90. The summed E-state index contributed by atoms with van der Waals surface area (Å²) in [6.07, 6.45) is 2.27. The van der Waals surface area contributed by atoms with Crippen molar-refractivity contribution < 1.29 is 9.59 Å². The Morgan fingerprint density at radius 3 is 2.50 bits per heavy atom. The molecule has 0 unspecified atom stereocenters. The Kier molecular flexibility index (Phi) is 3.28. The first-order chi connectivity index (χ1) is 6.50. The molecule has 1 fully saturated rings. The monoisotopic (exact) mass is 196 g/mol. The summed E-state index contributed by atoms with van der Waals surface area (Å²) in [7, 11) is 0. The molecule has 1 saturated carbocycles. The molecule has 0 spiro atoms. The number of primary amides is 1. The predicted octanol–water partition coefficient (Wildman–Crippen LogP) is 0.333. The van der Waals surface area contributed by atoms with Crippen molar-refractivity contribution in [2.75, 3.05) is 0 Å². The molecule has 1 atom stereocenters. The third-order valence-corrected chi connectivity index (χ3v) is 2.16. The van der Waals surface area contributed by atoms with Crippen LogP contribution in [0.15, 0.2) is 12.2 Å². The highest BCUT2D eigenvalue weighted by molar-refractivity contribution is 5.88. The van der Waals surface area contributed by atoms with Gasteiger partial charge in [-0.3, -0.25) is 9.59 Å². The quantitative estimate of drug-likeness (QED) is 0.622. The van der Waals surface area contributed by atoms with Crippen LogP contribution in [-0.2, 0) is 9.59 Å². The van der Waals surface area contributed by atoms with Crippen molar-refractivity contribution in [3.05, 3.63) is 12.2 Å². The van der Waals surface area contributed by atoms with Crippen molar-refractivity contribution in [2.45, 2.75) is 32.2 Å². The van der Waals surface area contributed by atoms with Gasteiger partial charge in [-0.2, -0.15) is 0 Å². The highest BCUT2D eigenvalue weighted by atomic mass is 16.2. The molecule has 4 nitrogen and oxygen atoms in total. The summed E-state index contributed by atoms with van der Waals surface area (Å²) in [6.45, 7) is 5.49. The maximum absolute atomic E-state index is 11.4. The van der Waals surface area contributed by atoms with Gasteiger partial charge in [0.05, 0.1) is 0 Å². The lowest BCUT2D eigenvalue weighted by Gasteiger charge is -2.14. The SMILES string of the molecule is C=C(C)C[C@H](NC(=O)C1CC1)C(N)=O. The molecular formula is C10H16N2O2. The standard InChI is InChI=1S/C10H16N2O2/c1-6(2)5-8(9(11)13)12-10(14)7-3-4-7/h7-8H,1,3-5H2,2H3,(H2,11,13)(H,12,14)/t8-/m0/s1. The van der Waals surface area contributed by atoms with Crippen molar-refractivity contribution in [2.24, 2.45) is 11.7 Å². The molecule has 0 heterocycles. The Bertz CT molecular complexity index is 269. The van der Waals surface area contributed by atoms with Gasteiger partial charge >= 0.3 is 0 Å². The number of rotatable bonds is 5. The average molecular weight is 196 g/mol. The van der Waals surface area contributed by atoms with Crippen molar-refractivity contribution in [3.63, 3.8) is 0 Å². The van der Waals surface area contributed by atoms with Crippen LogP contribution < -0.4 is 11.1 Å². The van der Waals surface area contributed by atoms with Crippen LogP contribution in [0, 0.1) is 5.92 Å². The van der Waals surface area contributed by atoms with Gasteiger partial charge in [0.15, 0.2) is 0 Å². The number of carbonyl (C=O) groups excluding carboxylic acids is 2. The van der Waals surface area contributed by atoms with Gasteiger partial charge in [-0.1, -0.05) is 5.57 Å². The van der Waals surface area contributed by atoms with Crippen LogP contribution in [0.2, 0.25) is 0 Å². The van der Waals surface area contributed by atoms with E-state index in [4.69, 9.17) is 5.73 Å². The van der Waals surface area contributed by atoms with E-state index in [9.17, 15) is 9.59 Å². The number of amides is 2. The summed E-state index contributed by atoms with van der Waals surface area (Å²) in [5, 5.41) is 2.64. The lowest BCUT2D eigenvalue weighted by Crippen LogP contribution is -2.45. The van der Waals surface area contributed by atoms with Crippen molar-refractivity contribution in [1.82, 2.24) is 5.32 Å². The first kappa shape index (κ1) is 10.8. The van der Waals surface area contributed by atoms with Crippen LogP contribution in [0.1, 0.15) is 26.2 Å². The minimum absolute atomic E-state index is 0.0601. The maximum atomic E-state index is 11.4. The van der Waals surface area contributed by atoms with E-state index in [0.717, 1.165) is 18.4 Å². The second kappa shape index (κ2) is 4.26. The van der Waals surface area contributed by atoms with E-state index in [1.54, 1.807) is 6.92 Å². The normalized spacial score (nSPS) is 17.2. The average Bonchev–Trinajstić information content (AvgIpc) is 2.83. The first-order valence-electron chi connectivity index (χ1n) is 4.74. The van der Waals surface area contributed by atoms with Gasteiger partial charge in [0.2, 0.25) is 11.8 Å². The lowest BCUT2D eigenvalue weighted by atomic mass is 10.1. The number of carbonyl (C=O) groups is 2. The van der Waals surface area contributed by atoms with E-state index < -0.39 is 11.9 Å². The van der Waals surface area contributed by atoms with Gasteiger partial charge in [-0.05, 0) is 26.2 Å². The Morgan fingerprint density at radius 1 is 1.57 bits per heavy atom. The molecular weight excluding hydrogens is 180 g/mol. The summed E-state index contributed by atoms with van der Waals surface area (Å²) in [6, 6.07) is -0.597. The number of hydrogen-bond donors (Lipinski definition) is 2. The lowest BCUT2D eigenvalue weighted by molar-refractivity contribution is -0.128. The minimum atomic E-state index is -0.597. The fourth-order valence-corrected chi connectivity index (χ4v) is 1.21. The van der Waals surface area contributed by atoms with Crippen LogP contribution in [0.3, 0.4) is 0 Å². The molecule has 0 bridgehead atoms. The molecule has 0 aromatic heterocycles. The smallest absolute Gasteiger partial charge is 0.240 e. The summed E-state index contributed by atoms with van der Waals surface area (Å²) >= 11 is 0. The van der Waals surface area contributed by atoms with E-state index in [-0.39, 0.29) is 11.8 Å². The fraction of sp³-hybridized carbons (Fsp3) is 0.600. The number of nitrogens with one attached hydrogen (secondary N) is 1. The molecule has 0 saturated heterocycles. The topological polar surface area (TPSA) is 72.2 Å². The summed E-state index contributed by atoms with van der Waals surface area (Å²) in [5.41, 5.74) is 6.00. The number of hydrogen-bond acceptors (Lipinski definition) is 2. The molecule has 4 heteroatoms. The van der Waals surface area contributed by atoms with Crippen molar-refractivity contribution in [1.29, 1.82) is 0 Å².